The molecule has 11 aromatic carbocycles. The fourth-order valence-electron chi connectivity index (χ4n) is 10.6. The Bertz CT molecular complexity index is 3560. The molecule has 0 saturated heterocycles. The van der Waals surface area contributed by atoms with Crippen LogP contribution >= 0.6 is 0 Å². The van der Waals surface area contributed by atoms with E-state index in [-0.39, 0.29) is 5.41 Å². The highest BCUT2D eigenvalue weighted by atomic mass is 15.1. The van der Waals surface area contributed by atoms with Gasteiger partial charge >= 0.3 is 0 Å². The Hall–Kier alpha value is -8.00. The van der Waals surface area contributed by atoms with E-state index in [4.69, 9.17) is 0 Å². The molecule has 0 atom stereocenters. The van der Waals surface area contributed by atoms with E-state index in [0.29, 0.717) is 0 Å². The highest BCUT2D eigenvalue weighted by molar-refractivity contribution is 6.14. The molecule has 0 bridgehead atoms. The smallest absolute Gasteiger partial charge is 0.0546 e. The molecule has 0 unspecified atom stereocenters. The molecule has 0 spiro atoms. The van der Waals surface area contributed by atoms with Gasteiger partial charge in [-0.15, -0.1) is 0 Å². The normalized spacial score (nSPS) is 12.7. The number of rotatable bonds is 7. The Morgan fingerprint density at radius 1 is 0.297 bits per heavy atom. The van der Waals surface area contributed by atoms with E-state index in [9.17, 15) is 0 Å². The van der Waals surface area contributed by atoms with Crippen molar-refractivity contribution in [2.75, 3.05) is 4.90 Å². The predicted molar refractivity (Wildman–Crippen MR) is 273 cm³/mol. The number of hydrogen-bond donors (Lipinski definition) is 0. The molecule has 0 N–H and O–H groups in total. The molecule has 0 aromatic heterocycles. The molecule has 0 fully saturated rings. The molecule has 302 valence electrons. The van der Waals surface area contributed by atoms with E-state index in [1.807, 2.05) is 0 Å². The highest BCUT2D eigenvalue weighted by Gasteiger charge is 2.37. The van der Waals surface area contributed by atoms with Gasteiger partial charge in [0.25, 0.3) is 0 Å². The third-order valence-electron chi connectivity index (χ3n) is 13.6. The summed E-state index contributed by atoms with van der Waals surface area (Å²) in [4.78, 5) is 2.46. The molecule has 1 aliphatic carbocycles. The van der Waals surface area contributed by atoms with Crippen LogP contribution in [0.4, 0.5) is 17.1 Å². The molecule has 12 rings (SSSR count). The first-order valence-corrected chi connectivity index (χ1v) is 22.3. The summed E-state index contributed by atoms with van der Waals surface area (Å²) in [5, 5.41) is 7.51. The lowest BCUT2D eigenvalue weighted by molar-refractivity contribution is 0.662. The zero-order valence-corrected chi connectivity index (χ0v) is 36.0. The summed E-state index contributed by atoms with van der Waals surface area (Å²) >= 11 is 0. The van der Waals surface area contributed by atoms with Gasteiger partial charge in [0.05, 0.1) is 5.69 Å². The van der Waals surface area contributed by atoms with E-state index in [0.717, 1.165) is 22.6 Å². The molecule has 1 aliphatic rings. The van der Waals surface area contributed by atoms with Gasteiger partial charge in [0.15, 0.2) is 0 Å². The van der Waals surface area contributed by atoms with E-state index in [1.54, 1.807) is 0 Å². The maximum Gasteiger partial charge on any atom is 0.0546 e. The van der Waals surface area contributed by atoms with Crippen LogP contribution in [0, 0.1) is 0 Å². The van der Waals surface area contributed by atoms with Gasteiger partial charge in [-0.05, 0) is 130 Å². The van der Waals surface area contributed by atoms with Gasteiger partial charge in [-0.25, -0.2) is 0 Å². The lowest BCUT2D eigenvalue weighted by atomic mass is 9.79. The maximum atomic E-state index is 2.46. The average Bonchev–Trinajstić information content (AvgIpc) is 3.60. The van der Waals surface area contributed by atoms with Crippen LogP contribution in [0.3, 0.4) is 0 Å². The quantitative estimate of drug-likeness (QED) is 0.145. The first-order chi connectivity index (χ1) is 31.5. The van der Waals surface area contributed by atoms with Crippen LogP contribution in [0.1, 0.15) is 25.0 Å². The minimum atomic E-state index is -0.114. The van der Waals surface area contributed by atoms with Crippen molar-refractivity contribution >= 4 is 49.4 Å². The van der Waals surface area contributed by atoms with Crippen molar-refractivity contribution < 1.29 is 0 Å². The lowest BCUT2D eigenvalue weighted by Gasteiger charge is -2.29. The van der Waals surface area contributed by atoms with E-state index >= 15 is 0 Å². The number of fused-ring (bicyclic) bond motifs is 7. The zero-order chi connectivity index (χ0) is 42.8. The van der Waals surface area contributed by atoms with Gasteiger partial charge < -0.3 is 4.90 Å². The third kappa shape index (κ3) is 6.15. The Kier molecular flexibility index (Phi) is 8.91. The summed E-state index contributed by atoms with van der Waals surface area (Å²) in [5.41, 5.74) is 18.3. The fourth-order valence-corrected chi connectivity index (χ4v) is 10.6. The van der Waals surface area contributed by atoms with Gasteiger partial charge in [0.2, 0.25) is 0 Å². The van der Waals surface area contributed by atoms with Crippen LogP contribution in [-0.4, -0.2) is 0 Å². The van der Waals surface area contributed by atoms with Crippen molar-refractivity contribution in [1.82, 2.24) is 0 Å². The van der Waals surface area contributed by atoms with Crippen LogP contribution in [0.25, 0.3) is 88.0 Å². The van der Waals surface area contributed by atoms with E-state index in [1.165, 1.54) is 93.5 Å². The zero-order valence-electron chi connectivity index (χ0n) is 36.0. The molecular weight excluding hydrogens is 771 g/mol. The second-order valence-corrected chi connectivity index (χ2v) is 17.6. The van der Waals surface area contributed by atoms with E-state index in [2.05, 4.69) is 255 Å². The number of benzene rings is 11. The lowest BCUT2D eigenvalue weighted by Crippen LogP contribution is -2.16. The largest absolute Gasteiger partial charge is 0.310 e. The number of nitrogens with zero attached hydrogens (tertiary/aromatic N) is 1. The topological polar surface area (TPSA) is 3.24 Å². The Balaban J connectivity index is 1.06. The van der Waals surface area contributed by atoms with Crippen LogP contribution in [0.5, 0.6) is 0 Å². The first kappa shape index (κ1) is 37.7. The van der Waals surface area contributed by atoms with Crippen molar-refractivity contribution in [3.8, 4) is 55.6 Å². The van der Waals surface area contributed by atoms with Crippen LogP contribution < -0.4 is 4.90 Å². The third-order valence-corrected chi connectivity index (χ3v) is 13.6. The monoisotopic (exact) mass is 815 g/mol. The standard InChI is InChI=1S/C63H45N/c1-63(2)60-29-13-12-25-57(60)58-28-15-27-54(62(58)63)45-32-37-49(38-33-45)64(48-35-30-44(31-36-48)51-26-14-20-42-18-6-8-21-50(42)51)61-41-47(34-39-53(61)43-16-4-3-5-17-43)59-40-46-19-7-9-22-52(46)55-23-10-11-24-56(55)59/h3-41H,1-2H3. The minimum Gasteiger partial charge on any atom is -0.310 e. The fraction of sp³-hybridized carbons (Fsp3) is 0.0476. The minimum absolute atomic E-state index is 0.114. The van der Waals surface area contributed by atoms with Crippen LogP contribution in [0.2, 0.25) is 0 Å². The summed E-state index contributed by atoms with van der Waals surface area (Å²) < 4.78 is 0. The number of anilines is 3. The Labute approximate surface area is 375 Å². The van der Waals surface area contributed by atoms with Gasteiger partial charge in [0.1, 0.15) is 0 Å². The summed E-state index contributed by atoms with van der Waals surface area (Å²) in [5.74, 6) is 0. The predicted octanol–water partition coefficient (Wildman–Crippen LogP) is 17.6. The molecule has 64 heavy (non-hydrogen) atoms. The molecule has 0 radical (unpaired) electrons. The van der Waals surface area contributed by atoms with Crippen molar-refractivity contribution in [2.24, 2.45) is 0 Å². The van der Waals surface area contributed by atoms with E-state index < -0.39 is 0 Å². The molecule has 0 amide bonds. The van der Waals surface area contributed by atoms with Crippen molar-refractivity contribution in [3.63, 3.8) is 0 Å². The summed E-state index contributed by atoms with van der Waals surface area (Å²) in [6.07, 6.45) is 0. The molecule has 11 aromatic rings. The molecule has 0 aliphatic heterocycles. The summed E-state index contributed by atoms with van der Waals surface area (Å²) in [6, 6.07) is 87.2. The molecular formula is C63H45N. The second-order valence-electron chi connectivity index (χ2n) is 17.6. The van der Waals surface area contributed by atoms with Crippen molar-refractivity contribution in [2.45, 2.75) is 19.3 Å². The maximum absolute atomic E-state index is 2.46. The van der Waals surface area contributed by atoms with Crippen LogP contribution in [-0.2, 0) is 5.41 Å². The van der Waals surface area contributed by atoms with Crippen LogP contribution in [0.15, 0.2) is 237 Å². The molecule has 1 nitrogen and oxygen atoms in total. The highest BCUT2D eigenvalue weighted by Crippen LogP contribution is 2.52. The molecule has 0 heterocycles. The number of hydrogen-bond acceptors (Lipinski definition) is 1. The van der Waals surface area contributed by atoms with Crippen molar-refractivity contribution in [1.29, 1.82) is 0 Å². The summed E-state index contributed by atoms with van der Waals surface area (Å²) in [7, 11) is 0. The van der Waals surface area contributed by atoms with Crippen molar-refractivity contribution in [3.05, 3.63) is 248 Å². The average molecular weight is 816 g/mol. The SMILES string of the molecule is CC1(C)c2ccccc2-c2cccc(-c3ccc(N(c4ccc(-c5cccc6ccccc56)cc4)c4cc(-c5cc6ccccc6c6ccccc56)ccc4-c4ccccc4)cc3)c21. The second kappa shape index (κ2) is 15.1. The summed E-state index contributed by atoms with van der Waals surface area (Å²) in [6.45, 7) is 4.74. The molecule has 0 saturated carbocycles. The molecule has 1 heteroatoms. The van der Waals surface area contributed by atoms with Gasteiger partial charge in [-0.1, -0.05) is 214 Å². The Morgan fingerprint density at radius 2 is 0.812 bits per heavy atom. The van der Waals surface area contributed by atoms with Gasteiger partial charge in [0, 0.05) is 22.4 Å². The van der Waals surface area contributed by atoms with Gasteiger partial charge in [-0.2, -0.15) is 0 Å². The van der Waals surface area contributed by atoms with Gasteiger partial charge in [-0.3, -0.25) is 0 Å². The Morgan fingerprint density at radius 3 is 1.58 bits per heavy atom. The first-order valence-electron chi connectivity index (χ1n) is 22.3.